The largest absolute Gasteiger partial charge is 0.271 e. The minimum atomic E-state index is 0.205. The molecule has 0 amide bonds. The first-order chi connectivity index (χ1) is 9.69. The van der Waals surface area contributed by atoms with Crippen LogP contribution < -0.4 is 11.3 Å². The summed E-state index contributed by atoms with van der Waals surface area (Å²) in [6, 6.07) is 6.20. The van der Waals surface area contributed by atoms with Gasteiger partial charge in [-0.25, -0.2) is 0 Å². The van der Waals surface area contributed by atoms with Gasteiger partial charge in [-0.2, -0.15) is 0 Å². The van der Waals surface area contributed by atoms with Crippen LogP contribution in [0.3, 0.4) is 0 Å². The van der Waals surface area contributed by atoms with Crippen molar-refractivity contribution in [3.05, 3.63) is 32.4 Å². The Labute approximate surface area is 142 Å². The highest BCUT2D eigenvalue weighted by Crippen LogP contribution is 2.27. The van der Waals surface area contributed by atoms with Crippen LogP contribution in [0, 0.1) is 3.57 Å². The van der Waals surface area contributed by atoms with E-state index in [1.165, 1.54) is 54.1 Å². The number of hydrogen-bond donors (Lipinski definition) is 2. The van der Waals surface area contributed by atoms with E-state index in [-0.39, 0.29) is 6.04 Å². The molecule has 1 atom stereocenters. The summed E-state index contributed by atoms with van der Waals surface area (Å²) in [5.74, 6) is 5.71. The number of benzene rings is 1. The summed E-state index contributed by atoms with van der Waals surface area (Å²) in [4.78, 5) is 0. The lowest BCUT2D eigenvalue weighted by molar-refractivity contribution is 0.474. The average molecular weight is 409 g/mol. The number of hydrazine groups is 1. The van der Waals surface area contributed by atoms with Gasteiger partial charge < -0.3 is 0 Å². The Morgan fingerprint density at radius 2 is 1.80 bits per heavy atom. The van der Waals surface area contributed by atoms with Crippen LogP contribution in [0.2, 0.25) is 5.02 Å². The molecule has 0 heterocycles. The van der Waals surface area contributed by atoms with Crippen molar-refractivity contribution in [1.82, 2.24) is 5.43 Å². The van der Waals surface area contributed by atoms with Gasteiger partial charge in [0.05, 0.1) is 0 Å². The second-order valence-corrected chi connectivity index (χ2v) is 6.89. The molecule has 0 saturated carbocycles. The van der Waals surface area contributed by atoms with Crippen molar-refractivity contribution in [2.75, 3.05) is 0 Å². The highest BCUT2D eigenvalue weighted by atomic mass is 127. The van der Waals surface area contributed by atoms with Crippen molar-refractivity contribution in [2.24, 2.45) is 5.84 Å². The molecular formula is C16H26ClIN2. The third-order valence-corrected chi connectivity index (χ3v) is 4.85. The Balaban J connectivity index is 2.34. The number of rotatable bonds is 10. The normalized spacial score (nSPS) is 12.6. The zero-order chi connectivity index (χ0) is 14.8. The van der Waals surface area contributed by atoms with Crippen LogP contribution in [0.15, 0.2) is 18.2 Å². The van der Waals surface area contributed by atoms with Crippen molar-refractivity contribution in [3.8, 4) is 0 Å². The molecule has 4 heteroatoms. The van der Waals surface area contributed by atoms with E-state index in [1.807, 2.05) is 18.2 Å². The van der Waals surface area contributed by atoms with Crippen LogP contribution >= 0.6 is 34.2 Å². The highest BCUT2D eigenvalue weighted by Gasteiger charge is 2.13. The number of nitrogens with one attached hydrogen (secondary N) is 1. The van der Waals surface area contributed by atoms with Gasteiger partial charge >= 0.3 is 0 Å². The molecule has 0 saturated heterocycles. The van der Waals surface area contributed by atoms with Crippen LogP contribution in [-0.2, 0) is 0 Å². The van der Waals surface area contributed by atoms with Crippen LogP contribution in [0.1, 0.15) is 69.9 Å². The third-order valence-electron chi connectivity index (χ3n) is 3.63. The maximum absolute atomic E-state index is 6.08. The van der Waals surface area contributed by atoms with Crippen molar-refractivity contribution >= 4 is 34.2 Å². The SMILES string of the molecule is CCCCCCCCCC(NN)c1cc(Cl)ccc1I. The molecule has 20 heavy (non-hydrogen) atoms. The lowest BCUT2D eigenvalue weighted by Gasteiger charge is -2.18. The lowest BCUT2D eigenvalue weighted by atomic mass is 10.00. The Bertz CT molecular complexity index is 385. The summed E-state index contributed by atoms with van der Waals surface area (Å²) >= 11 is 8.42. The van der Waals surface area contributed by atoms with Gasteiger partial charge in [-0.3, -0.25) is 11.3 Å². The predicted molar refractivity (Wildman–Crippen MR) is 96.8 cm³/mol. The van der Waals surface area contributed by atoms with Crippen molar-refractivity contribution < 1.29 is 0 Å². The molecule has 1 rings (SSSR count). The molecule has 2 nitrogen and oxygen atoms in total. The average Bonchev–Trinajstić information content (AvgIpc) is 2.45. The minimum absolute atomic E-state index is 0.205. The van der Waals surface area contributed by atoms with Gasteiger partial charge in [-0.1, -0.05) is 63.5 Å². The van der Waals surface area contributed by atoms with Crippen LogP contribution in [0.5, 0.6) is 0 Å². The topological polar surface area (TPSA) is 38.0 Å². The predicted octanol–water partition coefficient (Wildman–Crippen LogP) is 5.59. The minimum Gasteiger partial charge on any atom is -0.271 e. The summed E-state index contributed by atoms with van der Waals surface area (Å²) in [6.07, 6.45) is 10.3. The van der Waals surface area contributed by atoms with Gasteiger partial charge in [0.15, 0.2) is 0 Å². The van der Waals surface area contributed by atoms with Gasteiger partial charge in [-0.05, 0) is 52.8 Å². The number of hydrogen-bond acceptors (Lipinski definition) is 2. The smallest absolute Gasteiger partial charge is 0.0471 e. The molecule has 0 spiro atoms. The fourth-order valence-electron chi connectivity index (χ4n) is 2.42. The molecule has 0 aromatic heterocycles. The zero-order valence-electron chi connectivity index (χ0n) is 12.3. The maximum Gasteiger partial charge on any atom is 0.0471 e. The van der Waals surface area contributed by atoms with E-state index in [9.17, 15) is 0 Å². The van der Waals surface area contributed by atoms with Gasteiger partial charge in [0.25, 0.3) is 0 Å². The van der Waals surface area contributed by atoms with E-state index in [4.69, 9.17) is 17.4 Å². The van der Waals surface area contributed by atoms with Crippen LogP contribution in [-0.4, -0.2) is 0 Å². The molecule has 0 radical (unpaired) electrons. The lowest BCUT2D eigenvalue weighted by Crippen LogP contribution is -2.28. The van der Waals surface area contributed by atoms with Crippen molar-refractivity contribution in [1.29, 1.82) is 0 Å². The standard InChI is InChI=1S/C16H26ClIN2/c1-2-3-4-5-6-7-8-9-16(20-19)14-12-13(17)10-11-15(14)18/h10-12,16,20H,2-9,19H2,1H3. The third kappa shape index (κ3) is 6.74. The summed E-state index contributed by atoms with van der Waals surface area (Å²) in [5, 5.41) is 0.778. The molecule has 0 fully saturated rings. The van der Waals surface area contributed by atoms with E-state index >= 15 is 0 Å². The highest BCUT2D eigenvalue weighted by molar-refractivity contribution is 14.1. The van der Waals surface area contributed by atoms with Gasteiger partial charge in [-0.15, -0.1) is 0 Å². The fraction of sp³-hybridized carbons (Fsp3) is 0.625. The first kappa shape index (κ1) is 18.2. The molecule has 0 aliphatic rings. The second kappa shape index (κ2) is 10.8. The zero-order valence-corrected chi connectivity index (χ0v) is 15.2. The number of unbranched alkanes of at least 4 members (excludes halogenated alkanes) is 6. The first-order valence-corrected chi connectivity index (χ1v) is 9.05. The molecule has 0 aliphatic heterocycles. The van der Waals surface area contributed by atoms with E-state index in [1.54, 1.807) is 0 Å². The number of halogens is 2. The van der Waals surface area contributed by atoms with E-state index in [2.05, 4.69) is 34.9 Å². The van der Waals surface area contributed by atoms with Gasteiger partial charge in [0.2, 0.25) is 0 Å². The van der Waals surface area contributed by atoms with E-state index in [0.717, 1.165) is 11.4 Å². The summed E-state index contributed by atoms with van der Waals surface area (Å²) in [5.41, 5.74) is 4.15. The molecule has 1 aromatic carbocycles. The van der Waals surface area contributed by atoms with Crippen molar-refractivity contribution in [3.63, 3.8) is 0 Å². The molecule has 0 aliphatic carbocycles. The Kier molecular flexibility index (Phi) is 9.86. The van der Waals surface area contributed by atoms with E-state index in [0.29, 0.717) is 0 Å². The second-order valence-electron chi connectivity index (χ2n) is 5.30. The summed E-state index contributed by atoms with van der Waals surface area (Å²) in [7, 11) is 0. The van der Waals surface area contributed by atoms with Gasteiger partial charge in [0.1, 0.15) is 0 Å². The van der Waals surface area contributed by atoms with Crippen LogP contribution in [0.4, 0.5) is 0 Å². The maximum atomic E-state index is 6.08. The Morgan fingerprint density at radius 1 is 1.15 bits per heavy atom. The molecule has 1 unspecified atom stereocenters. The molecular weight excluding hydrogens is 383 g/mol. The van der Waals surface area contributed by atoms with Crippen molar-refractivity contribution in [2.45, 2.75) is 64.3 Å². The molecule has 0 bridgehead atoms. The molecule has 3 N–H and O–H groups in total. The first-order valence-electron chi connectivity index (χ1n) is 7.60. The quantitative estimate of drug-likeness (QED) is 0.229. The summed E-state index contributed by atoms with van der Waals surface area (Å²) < 4.78 is 1.22. The Morgan fingerprint density at radius 3 is 2.45 bits per heavy atom. The summed E-state index contributed by atoms with van der Waals surface area (Å²) in [6.45, 7) is 2.25. The monoisotopic (exact) mass is 408 g/mol. The van der Waals surface area contributed by atoms with Crippen LogP contribution in [0.25, 0.3) is 0 Å². The fourth-order valence-corrected chi connectivity index (χ4v) is 3.31. The Hall–Kier alpha value is 0.160. The van der Waals surface area contributed by atoms with E-state index < -0.39 is 0 Å². The molecule has 1 aromatic rings. The number of nitrogens with two attached hydrogens (primary N) is 1. The van der Waals surface area contributed by atoms with Gasteiger partial charge in [0, 0.05) is 14.6 Å². The molecule has 114 valence electrons.